The largest absolute Gasteiger partial charge is 0.391 e. The summed E-state index contributed by atoms with van der Waals surface area (Å²) in [6.45, 7) is 4.67. The van der Waals surface area contributed by atoms with Crippen LogP contribution in [-0.2, 0) is 21.0 Å². The summed E-state index contributed by atoms with van der Waals surface area (Å²) in [6, 6.07) is 18.9. The number of amides is 2. The van der Waals surface area contributed by atoms with Crippen molar-refractivity contribution in [3.8, 4) is 0 Å². The monoisotopic (exact) mass is 417 g/mol. The Labute approximate surface area is 182 Å². The summed E-state index contributed by atoms with van der Waals surface area (Å²) in [5, 5.41) is 7.14. The molecule has 0 N–H and O–H groups in total. The minimum atomic E-state index is -0.540. The number of hydrogen-bond donors (Lipinski definition) is 0. The number of rotatable bonds is 5. The molecule has 1 spiro atoms. The summed E-state index contributed by atoms with van der Waals surface area (Å²) in [5.41, 5.74) is 1.00. The van der Waals surface area contributed by atoms with E-state index in [1.54, 1.807) is 10.0 Å². The predicted octanol–water partition coefficient (Wildman–Crippen LogP) is 4.17. The van der Waals surface area contributed by atoms with E-state index in [9.17, 15) is 9.59 Å². The van der Waals surface area contributed by atoms with Gasteiger partial charge in [0.15, 0.2) is 0 Å². The van der Waals surface area contributed by atoms with Crippen molar-refractivity contribution >= 4 is 23.7 Å². The Bertz CT molecular complexity index is 1020. The lowest BCUT2D eigenvalue weighted by atomic mass is 9.67. The van der Waals surface area contributed by atoms with Gasteiger partial charge in [-0.25, -0.2) is 10.0 Å². The first-order valence-electron chi connectivity index (χ1n) is 10.9. The number of hydrazine groups is 1. The minimum absolute atomic E-state index is 0.0284. The third-order valence-corrected chi connectivity index (χ3v) is 7.76. The maximum atomic E-state index is 13.9. The molecule has 160 valence electrons. The fourth-order valence-corrected chi connectivity index (χ4v) is 6.08. The SMILES string of the molecule is CC1(C)[C@@H]2CC[C@]13C(=O)N(c1ccccc1)N(C(=O)/C=N/OCc1ccccc1)[C@H]3C2. The fraction of sp³-hybridized carbons (Fsp3) is 0.400. The topological polar surface area (TPSA) is 62.2 Å². The molecular weight excluding hydrogens is 390 g/mol. The first-order valence-corrected chi connectivity index (χ1v) is 10.9. The second-order valence-corrected chi connectivity index (χ2v) is 9.31. The highest BCUT2D eigenvalue weighted by Gasteiger charge is 2.75. The number of nitrogens with zero attached hydrogens (tertiary/aromatic N) is 3. The second kappa shape index (κ2) is 7.22. The van der Waals surface area contributed by atoms with Crippen molar-refractivity contribution in [2.24, 2.45) is 21.9 Å². The quantitative estimate of drug-likeness (QED) is 0.542. The van der Waals surface area contributed by atoms with Gasteiger partial charge in [0.2, 0.25) is 0 Å². The maximum Gasteiger partial charge on any atom is 0.287 e. The van der Waals surface area contributed by atoms with Crippen LogP contribution in [0.3, 0.4) is 0 Å². The van der Waals surface area contributed by atoms with Crippen molar-refractivity contribution in [1.29, 1.82) is 0 Å². The van der Waals surface area contributed by atoms with Gasteiger partial charge in [-0.2, -0.15) is 0 Å². The third kappa shape index (κ3) is 2.81. The first-order chi connectivity index (χ1) is 15.0. The van der Waals surface area contributed by atoms with E-state index in [2.05, 4.69) is 19.0 Å². The van der Waals surface area contributed by atoms with Gasteiger partial charge in [0.05, 0.1) is 17.1 Å². The van der Waals surface area contributed by atoms with Gasteiger partial charge in [-0.1, -0.05) is 67.5 Å². The van der Waals surface area contributed by atoms with E-state index in [1.807, 2.05) is 60.7 Å². The van der Waals surface area contributed by atoms with Crippen molar-refractivity contribution in [2.75, 3.05) is 5.01 Å². The second-order valence-electron chi connectivity index (χ2n) is 9.31. The van der Waals surface area contributed by atoms with Crippen molar-refractivity contribution in [1.82, 2.24) is 5.01 Å². The van der Waals surface area contributed by atoms with Crippen LogP contribution in [0.2, 0.25) is 0 Å². The molecule has 2 amide bonds. The van der Waals surface area contributed by atoms with Gasteiger partial charge in [0, 0.05) is 0 Å². The molecule has 1 aliphatic heterocycles. The molecule has 1 heterocycles. The number of benzene rings is 2. The molecule has 0 aromatic heterocycles. The van der Waals surface area contributed by atoms with Crippen LogP contribution < -0.4 is 5.01 Å². The van der Waals surface area contributed by atoms with Crippen molar-refractivity contribution in [2.45, 2.75) is 45.8 Å². The Balaban J connectivity index is 1.43. The zero-order valence-electron chi connectivity index (χ0n) is 17.9. The number of hydrogen-bond acceptors (Lipinski definition) is 4. The van der Waals surface area contributed by atoms with Crippen LogP contribution in [0, 0.1) is 16.7 Å². The van der Waals surface area contributed by atoms with Crippen LogP contribution in [0.1, 0.15) is 38.7 Å². The Kier molecular flexibility index (Phi) is 4.61. The lowest BCUT2D eigenvalue weighted by molar-refractivity contribution is -0.130. The summed E-state index contributed by atoms with van der Waals surface area (Å²) in [6.07, 6.45) is 3.90. The molecule has 3 fully saturated rings. The Morgan fingerprint density at radius 1 is 1.13 bits per heavy atom. The summed E-state index contributed by atoms with van der Waals surface area (Å²) < 4.78 is 0. The third-order valence-electron chi connectivity index (χ3n) is 7.76. The molecule has 3 atom stereocenters. The molecule has 2 aromatic carbocycles. The average Bonchev–Trinajstić information content (AvgIpc) is 3.30. The van der Waals surface area contributed by atoms with Crippen LogP contribution >= 0.6 is 0 Å². The normalized spacial score (nSPS) is 28.4. The lowest BCUT2D eigenvalue weighted by Gasteiger charge is -2.34. The number of fused-ring (bicyclic) bond motifs is 1. The molecule has 0 unspecified atom stereocenters. The highest BCUT2D eigenvalue weighted by Crippen LogP contribution is 2.70. The van der Waals surface area contributed by atoms with E-state index in [-0.39, 0.29) is 29.9 Å². The van der Waals surface area contributed by atoms with Crippen LogP contribution in [-0.4, -0.2) is 29.1 Å². The van der Waals surface area contributed by atoms with E-state index in [0.717, 1.165) is 24.8 Å². The highest BCUT2D eigenvalue weighted by atomic mass is 16.6. The van der Waals surface area contributed by atoms with E-state index in [4.69, 9.17) is 4.84 Å². The summed E-state index contributed by atoms with van der Waals surface area (Å²) in [5.74, 6) is 0.150. The van der Waals surface area contributed by atoms with Crippen molar-refractivity contribution in [3.63, 3.8) is 0 Å². The first kappa shape index (κ1) is 19.8. The molecule has 2 aromatic rings. The molecule has 31 heavy (non-hydrogen) atoms. The van der Waals surface area contributed by atoms with Gasteiger partial charge in [0.1, 0.15) is 12.8 Å². The van der Waals surface area contributed by atoms with Gasteiger partial charge in [0.25, 0.3) is 11.8 Å². The lowest BCUT2D eigenvalue weighted by Crippen LogP contribution is -2.48. The average molecular weight is 418 g/mol. The number of anilines is 1. The highest BCUT2D eigenvalue weighted by molar-refractivity contribution is 6.28. The summed E-state index contributed by atoms with van der Waals surface area (Å²) in [4.78, 5) is 32.5. The molecule has 5 rings (SSSR count). The van der Waals surface area contributed by atoms with E-state index < -0.39 is 5.41 Å². The Morgan fingerprint density at radius 2 is 1.81 bits per heavy atom. The van der Waals surface area contributed by atoms with Gasteiger partial charge >= 0.3 is 0 Å². The molecule has 6 nitrogen and oxygen atoms in total. The standard InChI is InChI=1S/C25H27N3O3/c1-24(2)19-13-14-25(24)21(15-19)28(27(23(25)30)20-11-7-4-8-12-20)22(29)16-26-31-17-18-9-5-3-6-10-18/h3-12,16,19,21H,13-15,17H2,1-2H3/b26-16+/t19-,21+,25+/m1/s1. The van der Waals surface area contributed by atoms with Crippen LogP contribution in [0.25, 0.3) is 0 Å². The van der Waals surface area contributed by atoms with Gasteiger partial charge in [-0.15, -0.1) is 0 Å². The van der Waals surface area contributed by atoms with Crippen molar-refractivity contribution in [3.05, 3.63) is 66.2 Å². The number of para-hydroxylation sites is 1. The van der Waals surface area contributed by atoms with Crippen molar-refractivity contribution < 1.29 is 14.4 Å². The zero-order chi connectivity index (χ0) is 21.6. The number of carbonyl (C=O) groups excluding carboxylic acids is 2. The van der Waals surface area contributed by atoms with Crippen LogP contribution in [0.5, 0.6) is 0 Å². The maximum absolute atomic E-state index is 13.9. The smallest absolute Gasteiger partial charge is 0.287 e. The van der Waals surface area contributed by atoms with Crippen LogP contribution in [0.15, 0.2) is 65.8 Å². The number of carbonyl (C=O) groups is 2. The molecule has 0 radical (unpaired) electrons. The van der Waals surface area contributed by atoms with Crippen LogP contribution in [0.4, 0.5) is 5.69 Å². The summed E-state index contributed by atoms with van der Waals surface area (Å²) >= 11 is 0. The molecule has 1 saturated heterocycles. The van der Waals surface area contributed by atoms with E-state index in [0.29, 0.717) is 11.6 Å². The molecular formula is C25H27N3O3. The minimum Gasteiger partial charge on any atom is -0.391 e. The molecule has 2 bridgehead atoms. The summed E-state index contributed by atoms with van der Waals surface area (Å²) in [7, 11) is 0. The van der Waals surface area contributed by atoms with Gasteiger partial charge in [-0.3, -0.25) is 9.59 Å². The fourth-order valence-electron chi connectivity index (χ4n) is 6.08. The molecule has 6 heteroatoms. The molecule has 2 aliphatic carbocycles. The van der Waals surface area contributed by atoms with E-state index in [1.165, 1.54) is 6.21 Å². The van der Waals surface area contributed by atoms with E-state index >= 15 is 0 Å². The number of oxime groups is 1. The zero-order valence-corrected chi connectivity index (χ0v) is 17.9. The predicted molar refractivity (Wildman–Crippen MR) is 118 cm³/mol. The Hall–Kier alpha value is -3.15. The van der Waals surface area contributed by atoms with Gasteiger partial charge < -0.3 is 4.84 Å². The van der Waals surface area contributed by atoms with Gasteiger partial charge in [-0.05, 0) is 48.3 Å². The Morgan fingerprint density at radius 3 is 2.48 bits per heavy atom. The molecule has 3 aliphatic rings. The molecule has 2 saturated carbocycles.